The number of anilines is 1. The quantitative estimate of drug-likeness (QED) is 0.652. The Labute approximate surface area is 147 Å². The number of carbonyl (C=O) groups is 1. The van der Waals surface area contributed by atoms with Gasteiger partial charge < -0.3 is 16.0 Å². The van der Waals surface area contributed by atoms with Crippen molar-refractivity contribution in [3.8, 4) is 0 Å². The maximum Gasteiger partial charge on any atom is 0.322 e. The van der Waals surface area contributed by atoms with Gasteiger partial charge in [-0.25, -0.2) is 14.2 Å². The number of urea groups is 1. The number of nitrogens with zero attached hydrogens (tertiary/aromatic N) is 3. The number of hydrogen-bond acceptors (Lipinski definition) is 2. The summed E-state index contributed by atoms with van der Waals surface area (Å²) in [5.41, 5.74) is 7.28. The van der Waals surface area contributed by atoms with Crippen molar-refractivity contribution < 1.29 is 9.18 Å². The SMILES string of the molecule is CN=CN=C(N)c1cc(NC(=O)N2C3CC(C)CC2C3)c(F)cc1C. The third-order valence-corrected chi connectivity index (χ3v) is 5.06. The number of amides is 2. The Balaban J connectivity index is 1.79. The summed E-state index contributed by atoms with van der Waals surface area (Å²) in [5, 5.41) is 2.70. The number of nitrogens with two attached hydrogens (primary N) is 1. The van der Waals surface area contributed by atoms with Crippen LogP contribution in [0.5, 0.6) is 0 Å². The zero-order valence-corrected chi connectivity index (χ0v) is 14.8. The zero-order valence-electron chi connectivity index (χ0n) is 14.8. The van der Waals surface area contributed by atoms with Gasteiger partial charge in [0.2, 0.25) is 0 Å². The fraction of sp³-hybridized carbons (Fsp3) is 0.500. The van der Waals surface area contributed by atoms with E-state index >= 15 is 0 Å². The van der Waals surface area contributed by atoms with E-state index in [-0.39, 0.29) is 29.6 Å². The number of aliphatic imine (C=N–C) groups is 2. The molecule has 25 heavy (non-hydrogen) atoms. The highest BCUT2D eigenvalue weighted by Gasteiger charge is 2.46. The number of hydrogen-bond donors (Lipinski definition) is 2. The third-order valence-electron chi connectivity index (χ3n) is 5.06. The van der Waals surface area contributed by atoms with Crippen LogP contribution in [0.4, 0.5) is 14.9 Å². The molecular weight excluding hydrogens is 321 g/mol. The van der Waals surface area contributed by atoms with Crippen LogP contribution in [-0.4, -0.2) is 42.2 Å². The number of rotatable bonds is 3. The van der Waals surface area contributed by atoms with Crippen LogP contribution >= 0.6 is 0 Å². The van der Waals surface area contributed by atoms with Gasteiger partial charge in [-0.05, 0) is 49.8 Å². The van der Waals surface area contributed by atoms with Crippen LogP contribution < -0.4 is 11.1 Å². The van der Waals surface area contributed by atoms with Crippen LogP contribution in [0.15, 0.2) is 22.1 Å². The van der Waals surface area contributed by atoms with Crippen LogP contribution in [0, 0.1) is 18.7 Å². The molecule has 3 N–H and O–H groups in total. The first-order valence-corrected chi connectivity index (χ1v) is 8.54. The number of nitrogens with one attached hydrogen (secondary N) is 1. The Bertz CT molecular complexity index is 733. The summed E-state index contributed by atoms with van der Waals surface area (Å²) in [7, 11) is 1.59. The topological polar surface area (TPSA) is 83.1 Å². The average Bonchev–Trinajstić information content (AvgIpc) is 2.54. The molecular formula is C18H24FN5O. The van der Waals surface area contributed by atoms with Crippen LogP contribution in [0.25, 0.3) is 0 Å². The van der Waals surface area contributed by atoms with Gasteiger partial charge in [0.15, 0.2) is 0 Å². The first kappa shape index (κ1) is 17.4. The van der Waals surface area contributed by atoms with Gasteiger partial charge >= 0.3 is 6.03 Å². The Morgan fingerprint density at radius 1 is 1.36 bits per heavy atom. The first-order chi connectivity index (χ1) is 11.9. The predicted molar refractivity (Wildman–Crippen MR) is 97.7 cm³/mol. The lowest BCUT2D eigenvalue weighted by atomic mass is 9.74. The second-order valence-electron chi connectivity index (χ2n) is 6.99. The molecule has 2 heterocycles. The molecule has 7 heteroatoms. The minimum absolute atomic E-state index is 0.121. The van der Waals surface area contributed by atoms with E-state index in [9.17, 15) is 9.18 Å². The van der Waals surface area contributed by atoms with Crippen molar-refractivity contribution in [3.63, 3.8) is 0 Å². The monoisotopic (exact) mass is 345 g/mol. The van der Waals surface area contributed by atoms with Crippen molar-refractivity contribution in [3.05, 3.63) is 29.1 Å². The van der Waals surface area contributed by atoms with Gasteiger partial charge in [0, 0.05) is 24.7 Å². The number of carbonyl (C=O) groups excluding carboxylic acids is 1. The summed E-state index contributed by atoms with van der Waals surface area (Å²) >= 11 is 0. The molecule has 0 saturated carbocycles. The average molecular weight is 345 g/mol. The first-order valence-electron chi connectivity index (χ1n) is 8.54. The van der Waals surface area contributed by atoms with E-state index in [1.165, 1.54) is 18.5 Å². The standard InChI is InChI=1S/C18H24FN5O/c1-10-4-12-7-13(5-10)24(12)18(25)23-16-8-14(11(2)6-15(16)19)17(20)22-9-21-3/h6,8-10,12-13H,4-5,7H2,1-3H3,(H,23,25)(H2,20,21,22). The zero-order chi connectivity index (χ0) is 18.1. The van der Waals surface area contributed by atoms with E-state index in [1.807, 2.05) is 4.90 Å². The number of benzene rings is 1. The number of aryl methyl sites for hydroxylation is 1. The molecule has 0 radical (unpaired) electrons. The Morgan fingerprint density at radius 3 is 2.68 bits per heavy atom. The van der Waals surface area contributed by atoms with Crippen LogP contribution in [0.2, 0.25) is 0 Å². The molecule has 0 spiro atoms. The molecule has 2 unspecified atom stereocenters. The molecule has 2 atom stereocenters. The fourth-order valence-corrected chi connectivity index (χ4v) is 3.89. The number of fused-ring (bicyclic) bond motifs is 2. The highest BCUT2D eigenvalue weighted by Crippen LogP contribution is 2.41. The van der Waals surface area contributed by atoms with Gasteiger partial charge in [-0.1, -0.05) is 6.92 Å². The van der Waals surface area contributed by atoms with Crippen molar-refractivity contribution >= 4 is 23.9 Å². The molecule has 2 saturated heterocycles. The number of amidine groups is 1. The number of piperidine rings is 1. The summed E-state index contributed by atoms with van der Waals surface area (Å²) < 4.78 is 14.3. The second-order valence-corrected chi connectivity index (χ2v) is 6.99. The summed E-state index contributed by atoms with van der Waals surface area (Å²) in [6, 6.07) is 3.19. The van der Waals surface area contributed by atoms with E-state index in [0.717, 1.165) is 19.3 Å². The van der Waals surface area contributed by atoms with E-state index in [1.54, 1.807) is 14.0 Å². The lowest BCUT2D eigenvalue weighted by Crippen LogP contribution is -2.63. The molecule has 1 aromatic rings. The molecule has 2 amide bonds. The summed E-state index contributed by atoms with van der Waals surface area (Å²) in [6.07, 6.45) is 4.41. The third kappa shape index (κ3) is 3.36. The molecule has 2 bridgehead atoms. The Morgan fingerprint density at radius 2 is 2.04 bits per heavy atom. The molecule has 1 aromatic carbocycles. The van der Waals surface area contributed by atoms with Crippen molar-refractivity contribution in [1.82, 2.24) is 4.90 Å². The van der Waals surface area contributed by atoms with E-state index < -0.39 is 5.82 Å². The maximum absolute atomic E-state index is 14.3. The predicted octanol–water partition coefficient (Wildman–Crippen LogP) is 2.90. The highest BCUT2D eigenvalue weighted by molar-refractivity contribution is 6.03. The highest BCUT2D eigenvalue weighted by atomic mass is 19.1. The van der Waals surface area contributed by atoms with Gasteiger partial charge in [-0.2, -0.15) is 0 Å². The molecule has 134 valence electrons. The minimum Gasteiger partial charge on any atom is -0.383 e. The minimum atomic E-state index is -0.481. The van der Waals surface area contributed by atoms with Crippen LogP contribution in [0.1, 0.15) is 37.3 Å². The van der Waals surface area contributed by atoms with Gasteiger partial charge in [0.1, 0.15) is 18.0 Å². The molecule has 6 nitrogen and oxygen atoms in total. The van der Waals surface area contributed by atoms with Gasteiger partial charge in [0.25, 0.3) is 0 Å². The van der Waals surface area contributed by atoms with Crippen molar-refractivity contribution in [2.75, 3.05) is 12.4 Å². The summed E-state index contributed by atoms with van der Waals surface area (Å²) in [4.78, 5) is 22.2. The molecule has 0 aromatic heterocycles. The van der Waals surface area contributed by atoms with Crippen molar-refractivity contribution in [2.45, 2.75) is 45.2 Å². The lowest BCUT2D eigenvalue weighted by molar-refractivity contribution is -0.00603. The summed E-state index contributed by atoms with van der Waals surface area (Å²) in [6.45, 7) is 3.96. The van der Waals surface area contributed by atoms with E-state index in [2.05, 4.69) is 22.2 Å². The lowest BCUT2D eigenvalue weighted by Gasteiger charge is -2.54. The van der Waals surface area contributed by atoms with E-state index in [4.69, 9.17) is 5.73 Å². The van der Waals surface area contributed by atoms with Gasteiger partial charge in [-0.3, -0.25) is 4.99 Å². The van der Waals surface area contributed by atoms with Crippen molar-refractivity contribution in [2.24, 2.45) is 21.6 Å². The fourth-order valence-electron chi connectivity index (χ4n) is 3.89. The van der Waals surface area contributed by atoms with Crippen LogP contribution in [0.3, 0.4) is 0 Å². The molecule has 2 aliphatic rings. The largest absolute Gasteiger partial charge is 0.383 e. The van der Waals surface area contributed by atoms with Gasteiger partial charge in [-0.15, -0.1) is 0 Å². The smallest absolute Gasteiger partial charge is 0.322 e. The molecule has 3 rings (SSSR count). The Kier molecular flexibility index (Phi) is 4.74. The van der Waals surface area contributed by atoms with Gasteiger partial charge in [0.05, 0.1) is 5.69 Å². The Hall–Kier alpha value is -2.44. The number of halogens is 1. The van der Waals surface area contributed by atoms with Crippen LogP contribution in [-0.2, 0) is 0 Å². The molecule has 0 aliphatic carbocycles. The van der Waals surface area contributed by atoms with Crippen molar-refractivity contribution in [1.29, 1.82) is 0 Å². The normalized spacial score (nSPS) is 25.8. The van der Waals surface area contributed by atoms with E-state index in [0.29, 0.717) is 17.0 Å². The summed E-state index contributed by atoms with van der Waals surface area (Å²) in [5.74, 6) is 0.394. The second kappa shape index (κ2) is 6.82. The molecule has 2 aliphatic heterocycles. The maximum atomic E-state index is 14.3. The molecule has 2 fully saturated rings.